The molecule has 4 nitrogen and oxygen atoms in total. The van der Waals surface area contributed by atoms with E-state index in [1.807, 2.05) is 0 Å². The van der Waals surface area contributed by atoms with Gasteiger partial charge in [-0.05, 0) is 31.6 Å². The summed E-state index contributed by atoms with van der Waals surface area (Å²) in [5.41, 5.74) is 0. The summed E-state index contributed by atoms with van der Waals surface area (Å²) in [4.78, 5) is 12.3. The van der Waals surface area contributed by atoms with Gasteiger partial charge in [-0.2, -0.15) is 0 Å². The zero-order chi connectivity index (χ0) is 10.6. The second-order valence-electron chi connectivity index (χ2n) is 4.11. The van der Waals surface area contributed by atoms with Gasteiger partial charge in [-0.3, -0.25) is 0 Å². The van der Waals surface area contributed by atoms with Crippen LogP contribution in [0, 0.1) is 5.92 Å². The summed E-state index contributed by atoms with van der Waals surface area (Å²) in [7, 11) is 0. The van der Waals surface area contributed by atoms with Gasteiger partial charge in [-0.1, -0.05) is 6.92 Å². The van der Waals surface area contributed by atoms with Gasteiger partial charge in [0.15, 0.2) is 0 Å². The molecule has 0 saturated heterocycles. The fraction of sp³-hybridized carbons (Fsp3) is 0.900. The third-order valence-corrected chi connectivity index (χ3v) is 3.01. The van der Waals surface area contributed by atoms with E-state index in [1.165, 1.54) is 4.90 Å². The molecule has 0 aromatic rings. The van der Waals surface area contributed by atoms with Gasteiger partial charge in [0, 0.05) is 12.6 Å². The first-order chi connectivity index (χ1) is 6.65. The lowest BCUT2D eigenvalue weighted by Crippen LogP contribution is -2.43. The molecule has 1 saturated carbocycles. The topological polar surface area (TPSA) is 60.8 Å². The van der Waals surface area contributed by atoms with Gasteiger partial charge >= 0.3 is 6.09 Å². The highest BCUT2D eigenvalue weighted by atomic mass is 16.4. The Morgan fingerprint density at radius 3 is 2.36 bits per heavy atom. The zero-order valence-electron chi connectivity index (χ0n) is 8.65. The lowest BCUT2D eigenvalue weighted by Gasteiger charge is -2.33. The molecule has 4 heteroatoms. The predicted octanol–water partition coefficient (Wildman–Crippen LogP) is 1.54. The monoisotopic (exact) mass is 201 g/mol. The molecule has 0 atom stereocenters. The predicted molar refractivity (Wildman–Crippen MR) is 53.2 cm³/mol. The van der Waals surface area contributed by atoms with Crippen LogP contribution in [0.5, 0.6) is 0 Å². The average Bonchev–Trinajstić information content (AvgIpc) is 2.15. The number of rotatable bonds is 3. The fourth-order valence-electron chi connectivity index (χ4n) is 2.10. The number of hydrogen-bond acceptors (Lipinski definition) is 2. The first-order valence-corrected chi connectivity index (χ1v) is 5.25. The van der Waals surface area contributed by atoms with E-state index in [4.69, 9.17) is 10.2 Å². The third kappa shape index (κ3) is 2.87. The molecule has 0 bridgehead atoms. The molecule has 82 valence electrons. The Hall–Kier alpha value is -0.770. The van der Waals surface area contributed by atoms with Crippen molar-refractivity contribution in [2.24, 2.45) is 5.92 Å². The van der Waals surface area contributed by atoms with Gasteiger partial charge in [0.05, 0.1) is 6.61 Å². The number of carbonyl (C=O) groups is 1. The minimum atomic E-state index is -0.904. The zero-order valence-corrected chi connectivity index (χ0v) is 8.65. The Labute approximate surface area is 84.5 Å². The van der Waals surface area contributed by atoms with Crippen LogP contribution in [-0.4, -0.2) is 40.4 Å². The van der Waals surface area contributed by atoms with E-state index in [-0.39, 0.29) is 19.2 Å². The van der Waals surface area contributed by atoms with Crippen molar-refractivity contribution in [3.63, 3.8) is 0 Å². The molecule has 14 heavy (non-hydrogen) atoms. The van der Waals surface area contributed by atoms with Crippen molar-refractivity contribution >= 4 is 6.09 Å². The molecular weight excluding hydrogens is 182 g/mol. The van der Waals surface area contributed by atoms with Crippen molar-refractivity contribution in [3.8, 4) is 0 Å². The Kier molecular flexibility index (Phi) is 4.20. The van der Waals surface area contributed by atoms with E-state index < -0.39 is 6.09 Å². The summed E-state index contributed by atoms with van der Waals surface area (Å²) in [5.74, 6) is 0.719. The van der Waals surface area contributed by atoms with Gasteiger partial charge < -0.3 is 15.1 Å². The molecular formula is C10H19NO3. The van der Waals surface area contributed by atoms with E-state index in [0.717, 1.165) is 31.6 Å². The molecule has 0 aliphatic heterocycles. The smallest absolute Gasteiger partial charge is 0.407 e. The quantitative estimate of drug-likeness (QED) is 0.728. The fourth-order valence-corrected chi connectivity index (χ4v) is 2.10. The number of hydrogen-bond donors (Lipinski definition) is 2. The van der Waals surface area contributed by atoms with Crippen molar-refractivity contribution < 1.29 is 15.0 Å². The van der Waals surface area contributed by atoms with Gasteiger partial charge in [0.2, 0.25) is 0 Å². The van der Waals surface area contributed by atoms with Crippen LogP contribution in [0.15, 0.2) is 0 Å². The minimum absolute atomic E-state index is 0.0850. The lowest BCUT2D eigenvalue weighted by molar-refractivity contribution is 0.0915. The SMILES string of the molecule is CC1CCC(N(CCO)C(=O)O)CC1. The molecule has 1 aliphatic rings. The molecule has 1 fully saturated rings. The highest BCUT2D eigenvalue weighted by Gasteiger charge is 2.26. The largest absolute Gasteiger partial charge is 0.465 e. The van der Waals surface area contributed by atoms with Gasteiger partial charge in [-0.25, -0.2) is 4.79 Å². The maximum atomic E-state index is 10.9. The number of amides is 1. The summed E-state index contributed by atoms with van der Waals surface area (Å²) in [5, 5.41) is 17.7. The number of nitrogens with zero attached hydrogens (tertiary/aromatic N) is 1. The van der Waals surface area contributed by atoms with Crippen LogP contribution in [0.1, 0.15) is 32.6 Å². The standard InChI is InChI=1S/C10H19NO3/c1-8-2-4-9(5-3-8)11(6-7-12)10(13)14/h8-9,12H,2-7H2,1H3,(H,13,14). The molecule has 0 unspecified atom stereocenters. The molecule has 1 rings (SSSR count). The lowest BCUT2D eigenvalue weighted by atomic mass is 9.87. The van der Waals surface area contributed by atoms with Crippen LogP contribution < -0.4 is 0 Å². The summed E-state index contributed by atoms with van der Waals surface area (Å²) >= 11 is 0. The van der Waals surface area contributed by atoms with Crippen molar-refractivity contribution in [2.45, 2.75) is 38.6 Å². The molecule has 0 aromatic heterocycles. The second-order valence-corrected chi connectivity index (χ2v) is 4.11. The molecule has 0 aromatic carbocycles. The first-order valence-electron chi connectivity index (χ1n) is 5.25. The molecule has 1 amide bonds. The van der Waals surface area contributed by atoms with Crippen LogP contribution in [0.3, 0.4) is 0 Å². The van der Waals surface area contributed by atoms with Crippen molar-refractivity contribution in [1.29, 1.82) is 0 Å². The maximum Gasteiger partial charge on any atom is 0.407 e. The van der Waals surface area contributed by atoms with E-state index in [0.29, 0.717) is 0 Å². The Morgan fingerprint density at radius 1 is 1.36 bits per heavy atom. The van der Waals surface area contributed by atoms with Crippen molar-refractivity contribution in [3.05, 3.63) is 0 Å². The van der Waals surface area contributed by atoms with Crippen LogP contribution in [-0.2, 0) is 0 Å². The third-order valence-electron chi connectivity index (χ3n) is 3.01. The summed E-state index contributed by atoms with van der Waals surface area (Å²) in [6.07, 6.45) is 3.17. The average molecular weight is 201 g/mol. The summed E-state index contributed by atoms with van der Waals surface area (Å²) < 4.78 is 0. The number of carboxylic acid groups (broad SMARTS) is 1. The number of aliphatic hydroxyl groups excluding tert-OH is 1. The Morgan fingerprint density at radius 2 is 1.93 bits per heavy atom. The van der Waals surface area contributed by atoms with Crippen molar-refractivity contribution in [1.82, 2.24) is 4.90 Å². The Bertz CT molecular complexity index is 188. The molecule has 2 N–H and O–H groups in total. The highest BCUT2D eigenvalue weighted by Crippen LogP contribution is 2.26. The van der Waals surface area contributed by atoms with Crippen LogP contribution in [0.2, 0.25) is 0 Å². The minimum Gasteiger partial charge on any atom is -0.465 e. The van der Waals surface area contributed by atoms with Crippen LogP contribution >= 0.6 is 0 Å². The van der Waals surface area contributed by atoms with Gasteiger partial charge in [0.25, 0.3) is 0 Å². The molecule has 0 heterocycles. The summed E-state index contributed by atoms with van der Waals surface area (Å²) in [6.45, 7) is 2.36. The summed E-state index contributed by atoms with van der Waals surface area (Å²) in [6, 6.07) is 0.121. The van der Waals surface area contributed by atoms with Crippen LogP contribution in [0.25, 0.3) is 0 Å². The van der Waals surface area contributed by atoms with Gasteiger partial charge in [0.1, 0.15) is 0 Å². The number of aliphatic hydroxyl groups is 1. The van der Waals surface area contributed by atoms with Crippen molar-refractivity contribution in [2.75, 3.05) is 13.2 Å². The van der Waals surface area contributed by atoms with E-state index in [2.05, 4.69) is 6.92 Å². The van der Waals surface area contributed by atoms with E-state index in [9.17, 15) is 4.79 Å². The van der Waals surface area contributed by atoms with Gasteiger partial charge in [-0.15, -0.1) is 0 Å². The van der Waals surface area contributed by atoms with E-state index in [1.54, 1.807) is 0 Å². The van der Waals surface area contributed by atoms with E-state index >= 15 is 0 Å². The molecule has 0 spiro atoms. The maximum absolute atomic E-state index is 10.9. The van der Waals surface area contributed by atoms with Crippen LogP contribution in [0.4, 0.5) is 4.79 Å². The second kappa shape index (κ2) is 5.20. The highest BCUT2D eigenvalue weighted by molar-refractivity contribution is 5.65. The molecule has 1 aliphatic carbocycles. The Balaban J connectivity index is 2.47. The molecule has 0 radical (unpaired) electrons. The first kappa shape index (κ1) is 11.3. The normalized spacial score (nSPS) is 27.3.